The van der Waals surface area contributed by atoms with Crippen LogP contribution in [0.25, 0.3) is 10.4 Å². The summed E-state index contributed by atoms with van der Waals surface area (Å²) < 4.78 is 60.7. The second-order valence-corrected chi connectivity index (χ2v) is 12.9. The van der Waals surface area contributed by atoms with Gasteiger partial charge >= 0.3 is 6.09 Å². The van der Waals surface area contributed by atoms with Gasteiger partial charge < -0.3 is 67.9 Å². The molecule has 1 fully saturated rings. The van der Waals surface area contributed by atoms with Crippen LogP contribution in [0.1, 0.15) is 27.2 Å². The van der Waals surface area contributed by atoms with Gasteiger partial charge in [-0.2, -0.15) is 5.53 Å². The number of piperazine rings is 1. The van der Waals surface area contributed by atoms with Crippen LogP contribution in [-0.2, 0) is 52.1 Å². The first-order valence-electron chi connectivity index (χ1n) is 18.9. The molecule has 0 spiro atoms. The molecule has 20 nitrogen and oxygen atoms in total. The van der Waals surface area contributed by atoms with E-state index >= 15 is 0 Å². The molecule has 20 heteroatoms. The zero-order valence-corrected chi connectivity index (χ0v) is 32.7. The van der Waals surface area contributed by atoms with Gasteiger partial charge in [0.1, 0.15) is 5.60 Å². The second kappa shape index (κ2) is 32.7. The van der Waals surface area contributed by atoms with Crippen molar-refractivity contribution < 1.29 is 56.9 Å². The molecule has 2 aliphatic rings. The number of rotatable bonds is 35. The van der Waals surface area contributed by atoms with E-state index in [2.05, 4.69) is 31.3 Å². The highest BCUT2D eigenvalue weighted by molar-refractivity contribution is 5.68. The maximum Gasteiger partial charge on any atom is 0.410 e. The van der Waals surface area contributed by atoms with Crippen molar-refractivity contribution in [2.45, 2.75) is 32.8 Å². The molecule has 0 aromatic carbocycles. The van der Waals surface area contributed by atoms with Gasteiger partial charge in [0.05, 0.1) is 144 Å². The van der Waals surface area contributed by atoms with Crippen LogP contribution in [0.5, 0.6) is 0 Å². The fraction of sp³-hybridized carbons (Fsp3) is 0.912. The summed E-state index contributed by atoms with van der Waals surface area (Å²) in [5.41, 5.74) is 18.8. The summed E-state index contributed by atoms with van der Waals surface area (Å²) in [5, 5.41) is 3.38. The smallest absolute Gasteiger partial charge is 0.410 e. The third-order valence-corrected chi connectivity index (χ3v) is 7.48. The number of hydrogen-bond donors (Lipinski definition) is 3. The van der Waals surface area contributed by atoms with Crippen LogP contribution in [0.3, 0.4) is 0 Å². The first-order chi connectivity index (χ1) is 26.4. The molecule has 2 heterocycles. The number of amides is 1. The number of carbonyl (C=O) groups excluding carboxylic acids is 1. The van der Waals surface area contributed by atoms with Gasteiger partial charge in [-0.3, -0.25) is 4.90 Å². The lowest BCUT2D eigenvalue weighted by atomic mass is 10.2. The first-order valence-corrected chi connectivity index (χ1v) is 18.9. The van der Waals surface area contributed by atoms with Crippen molar-refractivity contribution in [3.8, 4) is 0 Å². The quantitative estimate of drug-likeness (QED) is 0.0358. The van der Waals surface area contributed by atoms with Crippen LogP contribution in [0.15, 0.2) is 16.5 Å². The van der Waals surface area contributed by atoms with Crippen molar-refractivity contribution in [2.75, 3.05) is 171 Å². The number of ether oxygens (including phenoxy) is 11. The Balaban J connectivity index is 1.26. The molecule has 0 aromatic heterocycles. The Kier molecular flexibility index (Phi) is 28.8. The van der Waals surface area contributed by atoms with Gasteiger partial charge in [0, 0.05) is 50.6 Å². The molecule has 0 bridgehead atoms. The summed E-state index contributed by atoms with van der Waals surface area (Å²) in [6.45, 7) is 19.5. The standard InChI is InChI=1S/C34H66N8O12/c1-34(2,3)54-33(43)42-8-6-41(7-9-42)10-13-53-30-32-31(37-40-38-32)4-11-44-14-16-46-18-20-48-22-24-50-26-28-52-29-27-51-25-23-49-21-19-47-17-15-45-12-5-36-39-35/h37-38,40H,4-30H2,1-3H3. The van der Waals surface area contributed by atoms with Crippen LogP contribution in [0.2, 0.25) is 0 Å². The molecule has 0 aromatic rings. The SMILES string of the molecule is CC(C)(C)OC(=O)N1CCN(CCOCC2=C(CCOCCOCCOCCOCCOCCOCCOCCOCCOCCN=[N+]=[N-])NNN2)CC1. The third-order valence-electron chi connectivity index (χ3n) is 7.48. The van der Waals surface area contributed by atoms with Gasteiger partial charge in [-0.15, -0.1) is 0 Å². The average molecular weight is 779 g/mol. The topological polar surface area (TPSA) is 210 Å². The number of hydrazine groups is 2. The highest BCUT2D eigenvalue weighted by atomic mass is 16.6. The fourth-order valence-electron chi connectivity index (χ4n) is 4.70. The lowest BCUT2D eigenvalue weighted by molar-refractivity contribution is -0.0248. The summed E-state index contributed by atoms with van der Waals surface area (Å²) in [4.78, 5) is 19.0. The van der Waals surface area contributed by atoms with Crippen molar-refractivity contribution in [3.05, 3.63) is 21.8 Å². The second-order valence-electron chi connectivity index (χ2n) is 12.9. The summed E-state index contributed by atoms with van der Waals surface area (Å²) in [5.74, 6) is 0. The number of azide groups is 1. The number of nitrogens with one attached hydrogen (secondary N) is 3. The van der Waals surface area contributed by atoms with E-state index in [-0.39, 0.29) is 6.09 Å². The van der Waals surface area contributed by atoms with Crippen molar-refractivity contribution >= 4 is 6.09 Å². The van der Waals surface area contributed by atoms with Crippen molar-refractivity contribution in [1.82, 2.24) is 26.2 Å². The summed E-state index contributed by atoms with van der Waals surface area (Å²) >= 11 is 0. The predicted octanol–water partition coefficient (Wildman–Crippen LogP) is 1.23. The van der Waals surface area contributed by atoms with E-state index in [4.69, 9.17) is 57.6 Å². The first kappa shape index (κ1) is 47.6. The molecular formula is C34H66N8O12. The Morgan fingerprint density at radius 1 is 0.611 bits per heavy atom. The molecule has 1 amide bonds. The normalized spacial score (nSPS) is 15.0. The Morgan fingerprint density at radius 3 is 1.48 bits per heavy atom. The maximum absolute atomic E-state index is 12.2. The van der Waals surface area contributed by atoms with E-state index in [1.54, 1.807) is 4.90 Å². The highest BCUT2D eigenvalue weighted by Crippen LogP contribution is 2.12. The average Bonchev–Trinajstić information content (AvgIpc) is 3.60. The molecule has 0 atom stereocenters. The summed E-state index contributed by atoms with van der Waals surface area (Å²) in [7, 11) is 0. The Labute approximate surface area is 320 Å². The largest absolute Gasteiger partial charge is 0.444 e. The van der Waals surface area contributed by atoms with Gasteiger partial charge in [-0.25, -0.2) is 4.79 Å². The predicted molar refractivity (Wildman–Crippen MR) is 198 cm³/mol. The van der Waals surface area contributed by atoms with E-state index in [0.29, 0.717) is 158 Å². The molecule has 2 aliphatic heterocycles. The van der Waals surface area contributed by atoms with Gasteiger partial charge in [0.2, 0.25) is 0 Å². The third kappa shape index (κ3) is 27.1. The molecule has 0 unspecified atom stereocenters. The molecule has 2 rings (SSSR count). The highest BCUT2D eigenvalue weighted by Gasteiger charge is 2.25. The van der Waals surface area contributed by atoms with Crippen molar-refractivity contribution in [2.24, 2.45) is 5.11 Å². The summed E-state index contributed by atoms with van der Waals surface area (Å²) in [6, 6.07) is 0. The van der Waals surface area contributed by atoms with Crippen molar-refractivity contribution in [1.29, 1.82) is 0 Å². The van der Waals surface area contributed by atoms with Crippen LogP contribution in [0.4, 0.5) is 4.79 Å². The Bertz CT molecular complexity index is 1010. The van der Waals surface area contributed by atoms with Crippen LogP contribution in [-0.4, -0.2) is 193 Å². The molecule has 0 radical (unpaired) electrons. The monoisotopic (exact) mass is 778 g/mol. The minimum atomic E-state index is -0.480. The lowest BCUT2D eigenvalue weighted by Gasteiger charge is -2.35. The van der Waals surface area contributed by atoms with Crippen LogP contribution >= 0.6 is 0 Å². The van der Waals surface area contributed by atoms with Gasteiger partial charge in [-0.05, 0) is 26.3 Å². The molecule has 0 aliphatic carbocycles. The fourth-order valence-corrected chi connectivity index (χ4v) is 4.70. The van der Waals surface area contributed by atoms with E-state index in [9.17, 15) is 4.79 Å². The molecule has 0 saturated carbocycles. The van der Waals surface area contributed by atoms with E-state index < -0.39 is 5.60 Å². The number of nitrogens with zero attached hydrogens (tertiary/aromatic N) is 5. The lowest BCUT2D eigenvalue weighted by Crippen LogP contribution is -2.50. The van der Waals surface area contributed by atoms with E-state index in [0.717, 1.165) is 31.0 Å². The molecule has 3 N–H and O–H groups in total. The zero-order valence-electron chi connectivity index (χ0n) is 32.7. The zero-order chi connectivity index (χ0) is 38.8. The number of hydrogen-bond acceptors (Lipinski definition) is 17. The molecule has 314 valence electrons. The van der Waals surface area contributed by atoms with E-state index in [1.807, 2.05) is 20.8 Å². The molecule has 54 heavy (non-hydrogen) atoms. The Hall–Kier alpha value is -2.56. The van der Waals surface area contributed by atoms with Crippen LogP contribution < -0.4 is 16.4 Å². The van der Waals surface area contributed by atoms with Gasteiger partial charge in [-0.1, -0.05) is 5.11 Å². The summed E-state index contributed by atoms with van der Waals surface area (Å²) in [6.07, 6.45) is 0.464. The Morgan fingerprint density at radius 2 is 1.04 bits per heavy atom. The van der Waals surface area contributed by atoms with Crippen LogP contribution in [0, 0.1) is 0 Å². The van der Waals surface area contributed by atoms with Gasteiger partial charge in [0.25, 0.3) is 0 Å². The minimum Gasteiger partial charge on any atom is -0.444 e. The number of carbonyl (C=O) groups is 1. The maximum atomic E-state index is 12.2. The molecular weight excluding hydrogens is 712 g/mol. The minimum absolute atomic E-state index is 0.247. The van der Waals surface area contributed by atoms with Crippen molar-refractivity contribution in [3.63, 3.8) is 0 Å². The molecule has 1 saturated heterocycles. The van der Waals surface area contributed by atoms with Gasteiger partial charge in [0.15, 0.2) is 0 Å². The van der Waals surface area contributed by atoms with E-state index in [1.165, 1.54) is 0 Å².